The Balaban J connectivity index is 2.16. The van der Waals surface area contributed by atoms with Crippen molar-refractivity contribution >= 4 is 11.4 Å². The van der Waals surface area contributed by atoms with Gasteiger partial charge in [-0.25, -0.2) is 4.39 Å². The minimum absolute atomic E-state index is 0.211. The lowest BCUT2D eigenvalue weighted by Gasteiger charge is -2.22. The van der Waals surface area contributed by atoms with E-state index in [9.17, 15) is 4.39 Å². The quantitative estimate of drug-likeness (QED) is 0.792. The van der Waals surface area contributed by atoms with Gasteiger partial charge in [-0.15, -0.1) is 0 Å². The summed E-state index contributed by atoms with van der Waals surface area (Å²) in [6.07, 6.45) is 1.14. The summed E-state index contributed by atoms with van der Waals surface area (Å²) in [5.74, 6) is -0.211. The van der Waals surface area contributed by atoms with Gasteiger partial charge in [-0.05, 0) is 55.3 Å². The van der Waals surface area contributed by atoms with E-state index in [1.807, 2.05) is 18.0 Å². The molecular weight excluding hydrogens is 263 g/mol. The lowest BCUT2D eigenvalue weighted by Crippen LogP contribution is -2.15. The van der Waals surface area contributed by atoms with E-state index in [1.54, 1.807) is 12.1 Å². The highest BCUT2D eigenvalue weighted by molar-refractivity contribution is 5.66. The van der Waals surface area contributed by atoms with Gasteiger partial charge in [0, 0.05) is 25.0 Å². The molecule has 0 atom stereocenters. The number of rotatable bonds is 6. The molecule has 2 rings (SSSR count). The third kappa shape index (κ3) is 4.05. The number of hydrogen-bond donors (Lipinski definition) is 1. The van der Waals surface area contributed by atoms with Crippen LogP contribution in [0.2, 0.25) is 0 Å². The highest BCUT2D eigenvalue weighted by atomic mass is 19.1. The van der Waals surface area contributed by atoms with Gasteiger partial charge in [-0.3, -0.25) is 0 Å². The average Bonchev–Trinajstić information content (AvgIpc) is 2.47. The van der Waals surface area contributed by atoms with Gasteiger partial charge in [0.2, 0.25) is 0 Å². The maximum absolute atomic E-state index is 13.3. The van der Waals surface area contributed by atoms with E-state index >= 15 is 0 Å². The van der Waals surface area contributed by atoms with E-state index in [-0.39, 0.29) is 5.82 Å². The highest BCUT2D eigenvalue weighted by Crippen LogP contribution is 2.27. The maximum Gasteiger partial charge on any atom is 0.125 e. The molecule has 0 aliphatic rings. The van der Waals surface area contributed by atoms with Gasteiger partial charge in [0.15, 0.2) is 0 Å². The van der Waals surface area contributed by atoms with Gasteiger partial charge in [-0.2, -0.15) is 0 Å². The average molecular weight is 286 g/mol. The van der Waals surface area contributed by atoms with Crippen LogP contribution in [0.15, 0.2) is 42.5 Å². The van der Waals surface area contributed by atoms with E-state index < -0.39 is 0 Å². The van der Waals surface area contributed by atoms with Gasteiger partial charge in [0.25, 0.3) is 0 Å². The molecule has 0 fully saturated rings. The van der Waals surface area contributed by atoms with Gasteiger partial charge in [-0.1, -0.05) is 25.1 Å². The summed E-state index contributed by atoms with van der Waals surface area (Å²) in [6, 6.07) is 13.1. The van der Waals surface area contributed by atoms with E-state index in [0.717, 1.165) is 30.9 Å². The fourth-order valence-electron chi connectivity index (χ4n) is 2.44. The summed E-state index contributed by atoms with van der Waals surface area (Å²) in [5.41, 5.74) is 4.42. The van der Waals surface area contributed by atoms with Crippen molar-refractivity contribution in [2.75, 3.05) is 18.5 Å². The molecule has 2 aromatic rings. The minimum Gasteiger partial charge on any atom is -0.344 e. The van der Waals surface area contributed by atoms with Crippen molar-refractivity contribution < 1.29 is 4.39 Å². The van der Waals surface area contributed by atoms with Crippen LogP contribution in [0, 0.1) is 12.7 Å². The van der Waals surface area contributed by atoms with Crippen molar-refractivity contribution in [2.45, 2.75) is 26.8 Å². The molecule has 0 amide bonds. The summed E-state index contributed by atoms with van der Waals surface area (Å²) in [6.45, 7) is 6.17. The first-order valence-electron chi connectivity index (χ1n) is 7.41. The number of nitrogens with one attached hydrogen (secondary N) is 1. The highest BCUT2D eigenvalue weighted by Gasteiger charge is 2.08. The summed E-state index contributed by atoms with van der Waals surface area (Å²) in [7, 11) is 1.96. The van der Waals surface area contributed by atoms with Crippen LogP contribution in [0.4, 0.5) is 15.8 Å². The predicted molar refractivity (Wildman–Crippen MR) is 87.6 cm³/mol. The van der Waals surface area contributed by atoms with Crippen molar-refractivity contribution in [1.29, 1.82) is 0 Å². The van der Waals surface area contributed by atoms with E-state index in [1.165, 1.54) is 17.2 Å². The van der Waals surface area contributed by atoms with Crippen LogP contribution in [-0.4, -0.2) is 13.6 Å². The Hall–Kier alpha value is -1.87. The lowest BCUT2D eigenvalue weighted by molar-refractivity contribution is 0.628. The second-order valence-electron chi connectivity index (χ2n) is 5.34. The number of aryl methyl sites for hydroxylation is 1. The Morgan fingerprint density at radius 1 is 1.14 bits per heavy atom. The first-order valence-corrected chi connectivity index (χ1v) is 7.41. The van der Waals surface area contributed by atoms with Crippen molar-refractivity contribution in [3.05, 3.63) is 59.4 Å². The Bertz CT molecular complexity index is 596. The van der Waals surface area contributed by atoms with Crippen molar-refractivity contribution in [1.82, 2.24) is 5.32 Å². The largest absolute Gasteiger partial charge is 0.344 e. The third-order valence-corrected chi connectivity index (χ3v) is 3.57. The molecule has 0 unspecified atom stereocenters. The normalized spacial score (nSPS) is 10.7. The molecule has 3 heteroatoms. The van der Waals surface area contributed by atoms with Crippen LogP contribution >= 0.6 is 0 Å². The zero-order valence-corrected chi connectivity index (χ0v) is 13.0. The number of hydrogen-bond acceptors (Lipinski definition) is 2. The second kappa shape index (κ2) is 7.23. The smallest absolute Gasteiger partial charge is 0.125 e. The Morgan fingerprint density at radius 3 is 2.62 bits per heavy atom. The summed E-state index contributed by atoms with van der Waals surface area (Å²) in [4.78, 5) is 2.02. The molecule has 0 saturated heterocycles. The zero-order chi connectivity index (χ0) is 15.2. The molecule has 21 heavy (non-hydrogen) atoms. The van der Waals surface area contributed by atoms with E-state index in [4.69, 9.17) is 0 Å². The Kier molecular flexibility index (Phi) is 5.34. The van der Waals surface area contributed by atoms with Crippen LogP contribution in [-0.2, 0) is 6.54 Å². The van der Waals surface area contributed by atoms with Crippen LogP contribution < -0.4 is 10.2 Å². The maximum atomic E-state index is 13.3. The van der Waals surface area contributed by atoms with Gasteiger partial charge in [0.05, 0.1) is 0 Å². The molecule has 2 nitrogen and oxygen atoms in total. The molecule has 0 aliphatic carbocycles. The third-order valence-electron chi connectivity index (χ3n) is 3.57. The van der Waals surface area contributed by atoms with Gasteiger partial charge >= 0.3 is 0 Å². The Morgan fingerprint density at radius 2 is 1.95 bits per heavy atom. The van der Waals surface area contributed by atoms with Crippen molar-refractivity contribution in [3.8, 4) is 0 Å². The number of nitrogens with zero attached hydrogens (tertiary/aromatic N) is 1. The van der Waals surface area contributed by atoms with Gasteiger partial charge in [0.1, 0.15) is 5.82 Å². The molecule has 0 aliphatic heterocycles. The summed E-state index contributed by atoms with van der Waals surface area (Å²) in [5, 5.41) is 3.40. The van der Waals surface area contributed by atoms with E-state index in [0.29, 0.717) is 0 Å². The van der Waals surface area contributed by atoms with Crippen LogP contribution in [0.25, 0.3) is 0 Å². The fourth-order valence-corrected chi connectivity index (χ4v) is 2.44. The molecule has 0 bridgehead atoms. The van der Waals surface area contributed by atoms with Crippen LogP contribution in [0.5, 0.6) is 0 Å². The molecule has 0 aromatic heterocycles. The first kappa shape index (κ1) is 15.5. The van der Waals surface area contributed by atoms with Gasteiger partial charge < -0.3 is 10.2 Å². The molecule has 0 heterocycles. The lowest BCUT2D eigenvalue weighted by atomic mass is 10.1. The predicted octanol–water partition coefficient (Wildman–Crippen LogP) is 4.40. The topological polar surface area (TPSA) is 15.3 Å². The van der Waals surface area contributed by atoms with Crippen molar-refractivity contribution in [2.24, 2.45) is 0 Å². The number of anilines is 2. The summed E-state index contributed by atoms with van der Waals surface area (Å²) < 4.78 is 13.3. The zero-order valence-electron chi connectivity index (χ0n) is 13.0. The molecule has 112 valence electrons. The molecule has 0 spiro atoms. The molecule has 2 aromatic carbocycles. The fraction of sp³-hybridized carbons (Fsp3) is 0.333. The first-order chi connectivity index (χ1) is 10.1. The second-order valence-corrected chi connectivity index (χ2v) is 5.34. The van der Waals surface area contributed by atoms with E-state index in [2.05, 4.69) is 37.4 Å². The standard InChI is InChI=1S/C18H23FN2/c1-4-10-20-13-15-8-9-18(14(2)11-15)21(3)17-7-5-6-16(19)12-17/h5-9,11-12,20H,4,10,13H2,1-3H3. The molecule has 1 N–H and O–H groups in total. The van der Waals surface area contributed by atoms with Crippen LogP contribution in [0.1, 0.15) is 24.5 Å². The molecule has 0 saturated carbocycles. The minimum atomic E-state index is -0.211. The molecule has 0 radical (unpaired) electrons. The van der Waals surface area contributed by atoms with Crippen LogP contribution in [0.3, 0.4) is 0 Å². The van der Waals surface area contributed by atoms with Crippen molar-refractivity contribution in [3.63, 3.8) is 0 Å². The summed E-state index contributed by atoms with van der Waals surface area (Å²) >= 11 is 0. The SMILES string of the molecule is CCCNCc1ccc(N(C)c2cccc(F)c2)c(C)c1. The Labute approximate surface area is 126 Å². The monoisotopic (exact) mass is 286 g/mol. The molecular formula is C18H23FN2. The number of benzene rings is 2. The number of halogens is 1.